The molecule has 5 rings (SSSR count). The zero-order chi connectivity index (χ0) is 22.9. The Bertz CT molecular complexity index is 1130. The lowest BCUT2D eigenvalue weighted by atomic mass is 10.00. The highest BCUT2D eigenvalue weighted by atomic mass is 16.5. The second-order valence-corrected chi connectivity index (χ2v) is 9.05. The SMILES string of the molecule is CCCn1nc(C)c(-c2cc(C(=O)N3CCC(c4nc(C5CCOCC5)no4)C3)[nH]n2)c1C. The van der Waals surface area contributed by atoms with Crippen LogP contribution >= 0.6 is 0 Å². The molecule has 2 aliphatic heterocycles. The second kappa shape index (κ2) is 9.09. The van der Waals surface area contributed by atoms with Crippen LogP contribution < -0.4 is 0 Å². The monoisotopic (exact) mass is 453 g/mol. The molecule has 0 aromatic carbocycles. The fraction of sp³-hybridized carbons (Fsp3) is 0.609. The molecule has 33 heavy (non-hydrogen) atoms. The van der Waals surface area contributed by atoms with Gasteiger partial charge in [-0.05, 0) is 45.6 Å². The molecule has 0 saturated carbocycles. The van der Waals surface area contributed by atoms with E-state index >= 15 is 0 Å². The van der Waals surface area contributed by atoms with E-state index in [1.165, 1.54) is 0 Å². The summed E-state index contributed by atoms with van der Waals surface area (Å²) in [5, 5.41) is 16.2. The lowest BCUT2D eigenvalue weighted by Gasteiger charge is -2.18. The molecule has 0 aliphatic carbocycles. The number of aromatic nitrogens is 6. The van der Waals surface area contributed by atoms with E-state index in [0.29, 0.717) is 30.6 Å². The van der Waals surface area contributed by atoms with Crippen LogP contribution in [0.15, 0.2) is 10.6 Å². The minimum atomic E-state index is -0.0586. The lowest BCUT2D eigenvalue weighted by Crippen LogP contribution is -2.28. The molecule has 10 nitrogen and oxygen atoms in total. The van der Waals surface area contributed by atoms with Crippen LogP contribution in [-0.4, -0.2) is 67.2 Å². The Morgan fingerprint density at radius 3 is 2.82 bits per heavy atom. The minimum absolute atomic E-state index is 0.0586. The zero-order valence-corrected chi connectivity index (χ0v) is 19.5. The predicted molar refractivity (Wildman–Crippen MR) is 120 cm³/mol. The molecule has 1 N–H and O–H groups in total. The number of H-pyrrole nitrogens is 1. The minimum Gasteiger partial charge on any atom is -0.381 e. The van der Waals surface area contributed by atoms with Crippen molar-refractivity contribution in [3.8, 4) is 11.3 Å². The van der Waals surface area contributed by atoms with Crippen molar-refractivity contribution in [1.82, 2.24) is 35.0 Å². The van der Waals surface area contributed by atoms with Crippen molar-refractivity contribution < 1.29 is 14.1 Å². The predicted octanol–water partition coefficient (Wildman–Crippen LogP) is 3.21. The van der Waals surface area contributed by atoms with Crippen LogP contribution in [0.25, 0.3) is 11.3 Å². The van der Waals surface area contributed by atoms with E-state index in [1.807, 2.05) is 29.5 Å². The van der Waals surface area contributed by atoms with Crippen molar-refractivity contribution in [2.75, 3.05) is 26.3 Å². The molecule has 176 valence electrons. The van der Waals surface area contributed by atoms with Gasteiger partial charge in [0.15, 0.2) is 5.82 Å². The molecule has 1 atom stereocenters. The third-order valence-electron chi connectivity index (χ3n) is 6.75. The Morgan fingerprint density at radius 2 is 2.03 bits per heavy atom. The number of amides is 1. The number of carbonyl (C=O) groups is 1. The van der Waals surface area contributed by atoms with Gasteiger partial charge in [-0.3, -0.25) is 14.6 Å². The average molecular weight is 454 g/mol. The molecule has 2 aliphatic rings. The normalized spacial score (nSPS) is 19.5. The number of nitrogens with one attached hydrogen (secondary N) is 1. The van der Waals surface area contributed by atoms with Crippen LogP contribution in [0.1, 0.15) is 78.0 Å². The summed E-state index contributed by atoms with van der Waals surface area (Å²) in [4.78, 5) is 19.6. The van der Waals surface area contributed by atoms with Crippen molar-refractivity contribution in [3.63, 3.8) is 0 Å². The smallest absolute Gasteiger partial charge is 0.271 e. The summed E-state index contributed by atoms with van der Waals surface area (Å²) in [7, 11) is 0. The molecule has 2 fully saturated rings. The van der Waals surface area contributed by atoms with Gasteiger partial charge in [-0.1, -0.05) is 12.1 Å². The zero-order valence-electron chi connectivity index (χ0n) is 19.5. The summed E-state index contributed by atoms with van der Waals surface area (Å²) in [5.41, 5.74) is 4.22. The highest BCUT2D eigenvalue weighted by molar-refractivity contribution is 5.93. The van der Waals surface area contributed by atoms with Crippen LogP contribution in [0, 0.1) is 13.8 Å². The van der Waals surface area contributed by atoms with Crippen molar-refractivity contribution in [2.45, 2.75) is 64.8 Å². The molecular weight excluding hydrogens is 422 g/mol. The van der Waals surface area contributed by atoms with Crippen molar-refractivity contribution >= 4 is 5.91 Å². The first-order chi connectivity index (χ1) is 16.0. The first-order valence-electron chi connectivity index (χ1n) is 11.9. The number of carbonyl (C=O) groups excluding carboxylic acids is 1. The maximum atomic E-state index is 13.2. The van der Waals surface area contributed by atoms with Crippen molar-refractivity contribution in [3.05, 3.63) is 34.9 Å². The largest absolute Gasteiger partial charge is 0.381 e. The van der Waals surface area contributed by atoms with Gasteiger partial charge in [0, 0.05) is 50.0 Å². The number of likely N-dealkylation sites (tertiary alicyclic amines) is 1. The molecule has 2 saturated heterocycles. The van der Waals surface area contributed by atoms with Crippen LogP contribution in [0.4, 0.5) is 0 Å². The van der Waals surface area contributed by atoms with Gasteiger partial charge in [0.05, 0.1) is 17.3 Å². The number of nitrogens with zero attached hydrogens (tertiary/aromatic N) is 6. The molecule has 0 spiro atoms. The van der Waals surface area contributed by atoms with Gasteiger partial charge in [0.1, 0.15) is 5.69 Å². The molecule has 1 amide bonds. The topological polar surface area (TPSA) is 115 Å². The summed E-state index contributed by atoms with van der Waals surface area (Å²) in [6, 6.07) is 1.83. The number of hydrogen-bond acceptors (Lipinski definition) is 7. The van der Waals surface area contributed by atoms with Gasteiger partial charge >= 0.3 is 0 Å². The highest BCUT2D eigenvalue weighted by Crippen LogP contribution is 2.31. The van der Waals surface area contributed by atoms with Crippen LogP contribution in [-0.2, 0) is 11.3 Å². The average Bonchev–Trinajstić information content (AvgIpc) is 3.62. The summed E-state index contributed by atoms with van der Waals surface area (Å²) in [6.45, 7) is 9.72. The van der Waals surface area contributed by atoms with Gasteiger partial charge in [-0.2, -0.15) is 15.2 Å². The van der Waals surface area contributed by atoms with Gasteiger partial charge in [-0.25, -0.2) is 0 Å². The number of ether oxygens (including phenoxy) is 1. The fourth-order valence-electron chi connectivity index (χ4n) is 4.91. The van der Waals surface area contributed by atoms with Gasteiger partial charge in [0.25, 0.3) is 5.91 Å². The highest BCUT2D eigenvalue weighted by Gasteiger charge is 2.33. The third-order valence-corrected chi connectivity index (χ3v) is 6.75. The fourth-order valence-corrected chi connectivity index (χ4v) is 4.91. The Kier molecular flexibility index (Phi) is 6.01. The van der Waals surface area contributed by atoms with Crippen molar-refractivity contribution in [2.24, 2.45) is 0 Å². The van der Waals surface area contributed by atoms with E-state index in [2.05, 4.69) is 32.4 Å². The number of hydrogen-bond donors (Lipinski definition) is 1. The Balaban J connectivity index is 1.26. The maximum absolute atomic E-state index is 13.2. The molecule has 3 aromatic rings. The van der Waals surface area contributed by atoms with E-state index in [1.54, 1.807) is 0 Å². The molecule has 0 bridgehead atoms. The molecular formula is C23H31N7O3. The van der Waals surface area contributed by atoms with Crippen LogP contribution in [0.5, 0.6) is 0 Å². The van der Waals surface area contributed by atoms with E-state index in [-0.39, 0.29) is 11.8 Å². The molecule has 3 aromatic heterocycles. The number of aryl methyl sites for hydroxylation is 2. The summed E-state index contributed by atoms with van der Waals surface area (Å²) < 4.78 is 13.0. The van der Waals surface area contributed by atoms with Gasteiger partial charge in [-0.15, -0.1) is 0 Å². The number of aromatic amines is 1. The standard InChI is InChI=1S/C23H31N7O3/c1-4-8-30-15(3)20(14(2)27-30)18-12-19(26-25-18)23(31)29-9-5-17(13-29)22-24-21(28-33-22)16-6-10-32-11-7-16/h12,16-17H,4-11,13H2,1-3H3,(H,25,26). The molecule has 1 unspecified atom stereocenters. The Labute approximate surface area is 192 Å². The molecule has 5 heterocycles. The van der Waals surface area contributed by atoms with Crippen LogP contribution in [0.2, 0.25) is 0 Å². The molecule has 10 heteroatoms. The molecule has 0 radical (unpaired) electrons. The van der Waals surface area contributed by atoms with Crippen molar-refractivity contribution in [1.29, 1.82) is 0 Å². The summed E-state index contributed by atoms with van der Waals surface area (Å²) in [5.74, 6) is 1.70. The lowest BCUT2D eigenvalue weighted by molar-refractivity contribution is 0.0783. The van der Waals surface area contributed by atoms with E-state index < -0.39 is 0 Å². The Morgan fingerprint density at radius 1 is 1.21 bits per heavy atom. The summed E-state index contributed by atoms with van der Waals surface area (Å²) >= 11 is 0. The second-order valence-electron chi connectivity index (χ2n) is 9.05. The quantitative estimate of drug-likeness (QED) is 0.609. The van der Waals surface area contributed by atoms with E-state index in [4.69, 9.17) is 9.26 Å². The summed E-state index contributed by atoms with van der Waals surface area (Å²) in [6.07, 6.45) is 3.67. The first-order valence-corrected chi connectivity index (χ1v) is 11.9. The third kappa shape index (κ3) is 4.19. The van der Waals surface area contributed by atoms with E-state index in [9.17, 15) is 4.79 Å². The first kappa shape index (κ1) is 21.8. The van der Waals surface area contributed by atoms with Gasteiger partial charge < -0.3 is 14.2 Å². The van der Waals surface area contributed by atoms with Gasteiger partial charge in [0.2, 0.25) is 5.89 Å². The van der Waals surface area contributed by atoms with E-state index in [0.717, 1.165) is 73.9 Å². The maximum Gasteiger partial charge on any atom is 0.271 e. The van der Waals surface area contributed by atoms with Crippen LogP contribution in [0.3, 0.4) is 0 Å². The Hall–Kier alpha value is -3.01. The number of rotatable bonds is 6.